The van der Waals surface area contributed by atoms with Gasteiger partial charge in [0.2, 0.25) is 5.91 Å². The molecule has 1 fully saturated rings. The van der Waals surface area contributed by atoms with Gasteiger partial charge in [-0.25, -0.2) is 0 Å². The number of nitro groups is 1. The molecule has 0 aliphatic carbocycles. The Kier molecular flexibility index (Phi) is 7.15. The van der Waals surface area contributed by atoms with Crippen molar-refractivity contribution >= 4 is 24.0 Å². The summed E-state index contributed by atoms with van der Waals surface area (Å²) in [5, 5.41) is 14.1. The number of para-hydroxylation sites is 1. The standard InChI is InChI=1S/C19H21N3O4.ClH/c1-26-18-5-3-2-4-16(18)17-13-20-10-11-21(17)19(23)12-14-6-8-15(9-7-14)22(24)25;/h2-9,17,20H,10-13H2,1H3;1H. The molecule has 144 valence electrons. The van der Waals surface area contributed by atoms with Gasteiger partial charge in [0.1, 0.15) is 5.75 Å². The maximum Gasteiger partial charge on any atom is 0.269 e. The lowest BCUT2D eigenvalue weighted by atomic mass is 10.0. The molecule has 3 rings (SSSR count). The minimum Gasteiger partial charge on any atom is -0.496 e. The van der Waals surface area contributed by atoms with Gasteiger partial charge in [-0.1, -0.05) is 30.3 Å². The first-order valence-electron chi connectivity index (χ1n) is 8.46. The van der Waals surface area contributed by atoms with Crippen molar-refractivity contribution in [3.63, 3.8) is 0 Å². The second-order valence-corrected chi connectivity index (χ2v) is 6.15. The molecule has 7 nitrogen and oxygen atoms in total. The van der Waals surface area contributed by atoms with Crippen LogP contribution in [0.25, 0.3) is 0 Å². The second kappa shape index (κ2) is 9.34. The molecule has 8 heteroatoms. The lowest BCUT2D eigenvalue weighted by Crippen LogP contribution is -2.49. The van der Waals surface area contributed by atoms with Crippen molar-refractivity contribution in [1.82, 2.24) is 10.2 Å². The molecule has 0 spiro atoms. The van der Waals surface area contributed by atoms with E-state index in [2.05, 4.69) is 5.32 Å². The number of carbonyl (C=O) groups is 1. The quantitative estimate of drug-likeness (QED) is 0.625. The Hall–Kier alpha value is -2.64. The van der Waals surface area contributed by atoms with E-state index in [9.17, 15) is 14.9 Å². The van der Waals surface area contributed by atoms with Crippen LogP contribution in [0.5, 0.6) is 5.75 Å². The summed E-state index contributed by atoms with van der Waals surface area (Å²) in [4.78, 5) is 25.1. The highest BCUT2D eigenvalue weighted by atomic mass is 35.5. The van der Waals surface area contributed by atoms with Gasteiger partial charge in [-0.2, -0.15) is 0 Å². The van der Waals surface area contributed by atoms with Gasteiger partial charge in [0.25, 0.3) is 5.69 Å². The monoisotopic (exact) mass is 391 g/mol. The van der Waals surface area contributed by atoms with Crippen LogP contribution in [0, 0.1) is 10.1 Å². The molecule has 0 radical (unpaired) electrons. The van der Waals surface area contributed by atoms with Gasteiger partial charge in [-0.3, -0.25) is 14.9 Å². The molecule has 0 saturated carbocycles. The Balaban J connectivity index is 0.00000261. The Morgan fingerprint density at radius 1 is 1.26 bits per heavy atom. The van der Waals surface area contributed by atoms with E-state index in [-0.39, 0.29) is 36.5 Å². The van der Waals surface area contributed by atoms with Gasteiger partial charge in [0.05, 0.1) is 24.5 Å². The molecule has 2 aromatic rings. The first kappa shape index (κ1) is 20.7. The molecule has 1 amide bonds. The summed E-state index contributed by atoms with van der Waals surface area (Å²) >= 11 is 0. The number of non-ortho nitro benzene ring substituents is 1. The predicted molar refractivity (Wildman–Crippen MR) is 104 cm³/mol. The van der Waals surface area contributed by atoms with Gasteiger partial charge in [-0.05, 0) is 11.6 Å². The van der Waals surface area contributed by atoms with E-state index < -0.39 is 4.92 Å². The molecule has 1 saturated heterocycles. The number of ether oxygens (including phenoxy) is 1. The fraction of sp³-hybridized carbons (Fsp3) is 0.316. The van der Waals surface area contributed by atoms with Crippen LogP contribution < -0.4 is 10.1 Å². The van der Waals surface area contributed by atoms with E-state index >= 15 is 0 Å². The third-order valence-corrected chi connectivity index (χ3v) is 4.56. The van der Waals surface area contributed by atoms with Crippen LogP contribution in [0.3, 0.4) is 0 Å². The van der Waals surface area contributed by atoms with E-state index in [0.717, 1.165) is 23.4 Å². The maximum atomic E-state index is 12.9. The number of piperazine rings is 1. The van der Waals surface area contributed by atoms with Crippen molar-refractivity contribution in [2.24, 2.45) is 0 Å². The van der Waals surface area contributed by atoms with E-state index in [1.807, 2.05) is 29.2 Å². The molecule has 2 aromatic carbocycles. The first-order chi connectivity index (χ1) is 12.6. The highest BCUT2D eigenvalue weighted by molar-refractivity contribution is 5.85. The average Bonchev–Trinajstić information content (AvgIpc) is 2.68. The summed E-state index contributed by atoms with van der Waals surface area (Å²) in [7, 11) is 1.62. The predicted octanol–water partition coefficient (Wildman–Crippen LogP) is 2.74. The number of methoxy groups -OCH3 is 1. The Morgan fingerprint density at radius 3 is 2.63 bits per heavy atom. The van der Waals surface area contributed by atoms with Gasteiger partial charge in [-0.15, -0.1) is 12.4 Å². The number of benzene rings is 2. The molecule has 1 heterocycles. The van der Waals surface area contributed by atoms with Gasteiger partial charge in [0.15, 0.2) is 0 Å². The van der Waals surface area contributed by atoms with Crippen LogP contribution in [0.4, 0.5) is 5.69 Å². The fourth-order valence-corrected chi connectivity index (χ4v) is 3.23. The van der Waals surface area contributed by atoms with E-state index in [1.54, 1.807) is 19.2 Å². The van der Waals surface area contributed by atoms with Crippen molar-refractivity contribution in [1.29, 1.82) is 0 Å². The number of hydrogen-bond donors (Lipinski definition) is 1. The molecule has 1 N–H and O–H groups in total. The maximum absolute atomic E-state index is 12.9. The highest BCUT2D eigenvalue weighted by Crippen LogP contribution is 2.30. The summed E-state index contributed by atoms with van der Waals surface area (Å²) < 4.78 is 5.45. The fourth-order valence-electron chi connectivity index (χ4n) is 3.23. The van der Waals surface area contributed by atoms with Crippen LogP contribution in [0.2, 0.25) is 0 Å². The van der Waals surface area contributed by atoms with Crippen molar-refractivity contribution in [3.05, 3.63) is 69.8 Å². The van der Waals surface area contributed by atoms with Gasteiger partial charge >= 0.3 is 0 Å². The third-order valence-electron chi connectivity index (χ3n) is 4.56. The Labute approximate surface area is 163 Å². The Bertz CT molecular complexity index is 798. The summed E-state index contributed by atoms with van der Waals surface area (Å²) in [6.07, 6.45) is 0.212. The molecule has 1 unspecified atom stereocenters. The topological polar surface area (TPSA) is 84.7 Å². The lowest BCUT2D eigenvalue weighted by molar-refractivity contribution is -0.384. The van der Waals surface area contributed by atoms with Crippen LogP contribution in [0.15, 0.2) is 48.5 Å². The van der Waals surface area contributed by atoms with E-state index in [4.69, 9.17) is 4.74 Å². The number of rotatable bonds is 5. The van der Waals surface area contributed by atoms with E-state index in [0.29, 0.717) is 13.1 Å². The zero-order valence-electron chi connectivity index (χ0n) is 15.0. The first-order valence-corrected chi connectivity index (χ1v) is 8.46. The largest absolute Gasteiger partial charge is 0.496 e. The lowest BCUT2D eigenvalue weighted by Gasteiger charge is -2.37. The minimum absolute atomic E-state index is 0. The van der Waals surface area contributed by atoms with E-state index in [1.165, 1.54) is 12.1 Å². The number of nitro benzene ring substituents is 1. The number of nitrogens with zero attached hydrogens (tertiary/aromatic N) is 2. The highest BCUT2D eigenvalue weighted by Gasteiger charge is 2.29. The number of halogens is 1. The van der Waals surface area contributed by atoms with Crippen LogP contribution >= 0.6 is 12.4 Å². The smallest absolute Gasteiger partial charge is 0.269 e. The number of carbonyl (C=O) groups excluding carboxylic acids is 1. The number of nitrogens with one attached hydrogen (secondary N) is 1. The molecule has 0 aromatic heterocycles. The molecule has 1 atom stereocenters. The molecule has 1 aliphatic heterocycles. The zero-order valence-corrected chi connectivity index (χ0v) is 15.8. The van der Waals surface area contributed by atoms with Crippen LogP contribution in [-0.4, -0.2) is 42.5 Å². The van der Waals surface area contributed by atoms with Gasteiger partial charge in [0, 0.05) is 37.3 Å². The average molecular weight is 392 g/mol. The van der Waals surface area contributed by atoms with Crippen molar-refractivity contribution in [3.8, 4) is 5.75 Å². The number of hydrogen-bond acceptors (Lipinski definition) is 5. The van der Waals surface area contributed by atoms with Crippen molar-refractivity contribution < 1.29 is 14.5 Å². The normalized spacial score (nSPS) is 16.3. The van der Waals surface area contributed by atoms with Crippen LogP contribution in [-0.2, 0) is 11.2 Å². The SMILES string of the molecule is COc1ccccc1C1CNCCN1C(=O)Cc1ccc([N+](=O)[O-])cc1.Cl. The zero-order chi connectivity index (χ0) is 18.5. The van der Waals surface area contributed by atoms with Crippen molar-refractivity contribution in [2.75, 3.05) is 26.7 Å². The Morgan fingerprint density at radius 2 is 1.96 bits per heavy atom. The van der Waals surface area contributed by atoms with Gasteiger partial charge < -0.3 is 15.0 Å². The van der Waals surface area contributed by atoms with Crippen LogP contribution in [0.1, 0.15) is 17.2 Å². The molecular formula is C19H22ClN3O4. The summed E-state index contributed by atoms with van der Waals surface area (Å²) in [6, 6.07) is 13.7. The van der Waals surface area contributed by atoms with Crippen molar-refractivity contribution in [2.45, 2.75) is 12.5 Å². The second-order valence-electron chi connectivity index (χ2n) is 6.15. The summed E-state index contributed by atoms with van der Waals surface area (Å²) in [5.74, 6) is 0.755. The molecule has 27 heavy (non-hydrogen) atoms. The summed E-state index contributed by atoms with van der Waals surface area (Å²) in [6.45, 7) is 2.00. The molecular weight excluding hydrogens is 370 g/mol. The number of amides is 1. The minimum atomic E-state index is -0.445. The third kappa shape index (κ3) is 4.75. The molecule has 0 bridgehead atoms. The molecule has 1 aliphatic rings. The summed E-state index contributed by atoms with van der Waals surface area (Å²) in [5.41, 5.74) is 1.76.